The van der Waals surface area contributed by atoms with Crippen molar-refractivity contribution in [3.63, 3.8) is 0 Å². The fourth-order valence-electron chi connectivity index (χ4n) is 2.41. The van der Waals surface area contributed by atoms with Gasteiger partial charge in [-0.05, 0) is 19.1 Å². The molecule has 2 aromatic heterocycles. The average Bonchev–Trinajstić information content (AvgIpc) is 3.29. The molecule has 27 heavy (non-hydrogen) atoms. The minimum atomic E-state index is 0.536. The summed E-state index contributed by atoms with van der Waals surface area (Å²) in [5.74, 6) is 1.83. The Kier molecular flexibility index (Phi) is 6.78. The molecule has 0 radical (unpaired) electrons. The van der Waals surface area contributed by atoms with Crippen molar-refractivity contribution in [3.05, 3.63) is 51.3 Å². The van der Waals surface area contributed by atoms with Gasteiger partial charge in [0.25, 0.3) is 0 Å². The molecule has 3 aromatic rings. The molecular weight excluding hydrogens is 384 g/mol. The molecule has 0 amide bonds. The number of hydrogen-bond donors (Lipinski definition) is 2. The Hall–Kier alpha value is -2.45. The van der Waals surface area contributed by atoms with Gasteiger partial charge in [0.15, 0.2) is 5.96 Å². The number of aryl methyl sites for hydroxylation is 1. The van der Waals surface area contributed by atoms with Crippen molar-refractivity contribution >= 4 is 28.9 Å². The predicted molar refractivity (Wildman–Crippen MR) is 108 cm³/mol. The van der Waals surface area contributed by atoms with Crippen LogP contribution in [-0.4, -0.2) is 41.2 Å². The molecule has 3 rings (SSSR count). The minimum Gasteiger partial charge on any atom is -0.356 e. The first kappa shape index (κ1) is 19.3. The third-order valence-corrected chi connectivity index (χ3v) is 4.91. The minimum absolute atomic E-state index is 0.536. The van der Waals surface area contributed by atoms with Crippen molar-refractivity contribution < 1.29 is 4.52 Å². The number of thiazole rings is 1. The molecular formula is C18H21ClN6OS. The topological polar surface area (TPSA) is 88.2 Å². The van der Waals surface area contributed by atoms with E-state index >= 15 is 0 Å². The molecule has 0 saturated heterocycles. The maximum Gasteiger partial charge on any atom is 0.228 e. The van der Waals surface area contributed by atoms with Crippen molar-refractivity contribution in [2.45, 2.75) is 19.8 Å². The molecule has 9 heteroatoms. The smallest absolute Gasteiger partial charge is 0.228 e. The van der Waals surface area contributed by atoms with Gasteiger partial charge in [0.1, 0.15) is 0 Å². The van der Waals surface area contributed by atoms with E-state index in [0.717, 1.165) is 29.5 Å². The lowest BCUT2D eigenvalue weighted by Gasteiger charge is -2.10. The van der Waals surface area contributed by atoms with Crippen molar-refractivity contribution in [2.24, 2.45) is 4.99 Å². The lowest BCUT2D eigenvalue weighted by Crippen LogP contribution is -2.39. The highest BCUT2D eigenvalue weighted by Gasteiger charge is 2.09. The van der Waals surface area contributed by atoms with Crippen LogP contribution in [0.25, 0.3) is 11.4 Å². The van der Waals surface area contributed by atoms with Crippen LogP contribution in [0.3, 0.4) is 0 Å². The number of halogens is 1. The first-order chi connectivity index (χ1) is 13.1. The van der Waals surface area contributed by atoms with Crippen LogP contribution in [0.1, 0.15) is 15.8 Å². The maximum absolute atomic E-state index is 6.00. The highest BCUT2D eigenvalue weighted by Crippen LogP contribution is 2.19. The van der Waals surface area contributed by atoms with Crippen LogP contribution in [0.2, 0.25) is 5.02 Å². The largest absolute Gasteiger partial charge is 0.356 e. The van der Waals surface area contributed by atoms with Crippen molar-refractivity contribution in [1.82, 2.24) is 25.8 Å². The Morgan fingerprint density at radius 1 is 1.26 bits per heavy atom. The van der Waals surface area contributed by atoms with Gasteiger partial charge in [0.05, 0.1) is 5.01 Å². The third kappa shape index (κ3) is 5.77. The molecule has 142 valence electrons. The van der Waals surface area contributed by atoms with E-state index in [1.54, 1.807) is 18.4 Å². The van der Waals surface area contributed by atoms with E-state index in [9.17, 15) is 0 Å². The normalized spacial score (nSPS) is 11.6. The molecule has 0 fully saturated rings. The number of hydrogen-bond acceptors (Lipinski definition) is 6. The third-order valence-electron chi connectivity index (χ3n) is 3.71. The SMILES string of the molecule is CN=C(NCCc1nc(-c2cccc(Cl)c2)no1)NCCc1ncc(C)s1. The highest BCUT2D eigenvalue weighted by atomic mass is 35.5. The zero-order valence-corrected chi connectivity index (χ0v) is 16.8. The number of guanidine groups is 1. The van der Waals surface area contributed by atoms with Gasteiger partial charge < -0.3 is 15.2 Å². The molecule has 0 aliphatic carbocycles. The Morgan fingerprint density at radius 2 is 2.07 bits per heavy atom. The van der Waals surface area contributed by atoms with Gasteiger partial charge in [0, 0.05) is 54.6 Å². The van der Waals surface area contributed by atoms with E-state index in [4.69, 9.17) is 16.1 Å². The van der Waals surface area contributed by atoms with Gasteiger partial charge in [-0.2, -0.15) is 4.98 Å². The first-order valence-corrected chi connectivity index (χ1v) is 9.78. The zero-order valence-electron chi connectivity index (χ0n) is 15.2. The van der Waals surface area contributed by atoms with Gasteiger partial charge in [-0.25, -0.2) is 4.98 Å². The van der Waals surface area contributed by atoms with Gasteiger partial charge in [-0.3, -0.25) is 4.99 Å². The summed E-state index contributed by atoms with van der Waals surface area (Å²) < 4.78 is 5.30. The highest BCUT2D eigenvalue weighted by molar-refractivity contribution is 7.11. The van der Waals surface area contributed by atoms with E-state index in [1.807, 2.05) is 30.5 Å². The molecule has 0 atom stereocenters. The summed E-state index contributed by atoms with van der Waals surface area (Å²) in [6.45, 7) is 3.46. The van der Waals surface area contributed by atoms with Crippen LogP contribution in [0.5, 0.6) is 0 Å². The van der Waals surface area contributed by atoms with E-state index < -0.39 is 0 Å². The maximum atomic E-state index is 6.00. The zero-order chi connectivity index (χ0) is 19.1. The van der Waals surface area contributed by atoms with Gasteiger partial charge in [-0.1, -0.05) is 28.9 Å². The van der Waals surface area contributed by atoms with E-state index in [0.29, 0.717) is 29.7 Å². The Labute approximate surface area is 166 Å². The molecule has 1 aromatic carbocycles. The van der Waals surface area contributed by atoms with Crippen molar-refractivity contribution in [3.8, 4) is 11.4 Å². The van der Waals surface area contributed by atoms with E-state index in [1.165, 1.54) is 4.88 Å². The standard InChI is InChI=1S/C18H21ClN6OS/c1-12-11-23-16(27-12)7-9-22-18(20-2)21-8-6-15-24-17(25-26-15)13-4-3-5-14(19)10-13/h3-5,10-11H,6-9H2,1-2H3,(H2,20,21,22). The molecule has 0 aliphatic rings. The lowest BCUT2D eigenvalue weighted by molar-refractivity contribution is 0.378. The second-order valence-electron chi connectivity index (χ2n) is 5.81. The summed E-state index contributed by atoms with van der Waals surface area (Å²) in [7, 11) is 1.74. The van der Waals surface area contributed by atoms with Crippen LogP contribution in [0, 0.1) is 6.92 Å². The second-order valence-corrected chi connectivity index (χ2v) is 7.57. The summed E-state index contributed by atoms with van der Waals surface area (Å²) >= 11 is 7.71. The van der Waals surface area contributed by atoms with Crippen LogP contribution >= 0.6 is 22.9 Å². The fourth-order valence-corrected chi connectivity index (χ4v) is 3.39. The molecule has 2 N–H and O–H groups in total. The number of rotatable bonds is 7. The molecule has 0 bridgehead atoms. The second kappa shape index (κ2) is 9.48. The van der Waals surface area contributed by atoms with Crippen LogP contribution in [-0.2, 0) is 12.8 Å². The molecule has 2 heterocycles. The van der Waals surface area contributed by atoms with Crippen molar-refractivity contribution in [1.29, 1.82) is 0 Å². The molecule has 0 spiro atoms. The molecule has 0 aliphatic heterocycles. The number of benzene rings is 1. The quantitative estimate of drug-likeness (QED) is 0.464. The Morgan fingerprint density at radius 3 is 2.78 bits per heavy atom. The molecule has 0 saturated carbocycles. The summed E-state index contributed by atoms with van der Waals surface area (Å²) in [4.78, 5) is 14.2. The van der Waals surface area contributed by atoms with Gasteiger partial charge in [-0.15, -0.1) is 11.3 Å². The van der Waals surface area contributed by atoms with Crippen LogP contribution in [0.15, 0.2) is 40.0 Å². The monoisotopic (exact) mass is 404 g/mol. The fraction of sp³-hybridized carbons (Fsp3) is 0.333. The predicted octanol–water partition coefficient (Wildman–Crippen LogP) is 3.11. The summed E-state index contributed by atoms with van der Waals surface area (Å²) in [5, 5.41) is 12.3. The lowest BCUT2D eigenvalue weighted by atomic mass is 10.2. The van der Waals surface area contributed by atoms with Crippen molar-refractivity contribution in [2.75, 3.05) is 20.1 Å². The first-order valence-electron chi connectivity index (χ1n) is 8.58. The van der Waals surface area contributed by atoms with Crippen LogP contribution < -0.4 is 10.6 Å². The van der Waals surface area contributed by atoms with E-state index in [2.05, 4.69) is 37.7 Å². The molecule has 0 unspecified atom stereocenters. The number of aromatic nitrogens is 3. The molecule has 7 nitrogen and oxygen atoms in total. The summed E-state index contributed by atoms with van der Waals surface area (Å²) in [6.07, 6.45) is 3.36. The number of aliphatic imine (C=N–C) groups is 1. The Balaban J connectivity index is 1.43. The van der Waals surface area contributed by atoms with Gasteiger partial charge in [0.2, 0.25) is 11.7 Å². The summed E-state index contributed by atoms with van der Waals surface area (Å²) in [6, 6.07) is 7.38. The van der Waals surface area contributed by atoms with Gasteiger partial charge >= 0.3 is 0 Å². The Bertz CT molecular complexity index is 907. The van der Waals surface area contributed by atoms with Crippen LogP contribution in [0.4, 0.5) is 0 Å². The van der Waals surface area contributed by atoms with E-state index in [-0.39, 0.29) is 0 Å². The average molecular weight is 405 g/mol. The summed E-state index contributed by atoms with van der Waals surface area (Å²) in [5.41, 5.74) is 0.834. The number of nitrogens with zero attached hydrogens (tertiary/aromatic N) is 4. The number of nitrogens with one attached hydrogen (secondary N) is 2.